The highest BCUT2D eigenvalue weighted by atomic mass is 16.5. The van der Waals surface area contributed by atoms with Gasteiger partial charge in [-0.15, -0.1) is 0 Å². The Kier molecular flexibility index (Phi) is 6.11. The minimum absolute atomic E-state index is 0.00225. The van der Waals surface area contributed by atoms with Gasteiger partial charge in [-0.05, 0) is 25.5 Å². The summed E-state index contributed by atoms with van der Waals surface area (Å²) in [5, 5.41) is 4.00. The Morgan fingerprint density at radius 3 is 2.79 bits per heavy atom. The van der Waals surface area contributed by atoms with Crippen molar-refractivity contribution in [1.29, 1.82) is 0 Å². The summed E-state index contributed by atoms with van der Waals surface area (Å²) in [7, 11) is 0. The van der Waals surface area contributed by atoms with E-state index >= 15 is 0 Å². The number of hydrogen-bond acceptors (Lipinski definition) is 5. The van der Waals surface area contributed by atoms with Crippen LogP contribution in [0, 0.1) is 6.92 Å². The quantitative estimate of drug-likeness (QED) is 0.765. The van der Waals surface area contributed by atoms with Crippen molar-refractivity contribution >= 4 is 11.8 Å². The maximum absolute atomic E-state index is 12.8. The van der Waals surface area contributed by atoms with Gasteiger partial charge in [0.2, 0.25) is 11.8 Å². The summed E-state index contributed by atoms with van der Waals surface area (Å²) in [6, 6.07) is 7.63. The van der Waals surface area contributed by atoms with Crippen molar-refractivity contribution in [3.63, 3.8) is 0 Å². The number of rotatable bonds is 6. The molecule has 0 bridgehead atoms. The van der Waals surface area contributed by atoms with Crippen LogP contribution in [0.5, 0.6) is 0 Å². The molecule has 7 heteroatoms. The van der Waals surface area contributed by atoms with Crippen LogP contribution in [-0.4, -0.2) is 57.4 Å². The molecular formula is C21H28N4O3. The first-order valence-electron chi connectivity index (χ1n) is 9.80. The molecule has 0 aliphatic carbocycles. The van der Waals surface area contributed by atoms with Gasteiger partial charge < -0.3 is 14.3 Å². The molecule has 1 aliphatic heterocycles. The first-order valence-corrected chi connectivity index (χ1v) is 9.80. The lowest BCUT2D eigenvalue weighted by atomic mass is 10.1. The molecule has 1 aromatic carbocycles. The normalized spacial score (nSPS) is 16.6. The summed E-state index contributed by atoms with van der Waals surface area (Å²) in [4.78, 5) is 33.0. The monoisotopic (exact) mass is 384 g/mol. The highest BCUT2D eigenvalue weighted by Crippen LogP contribution is 2.20. The Balaban J connectivity index is 1.61. The van der Waals surface area contributed by atoms with Crippen LogP contribution in [0.2, 0.25) is 0 Å². The molecule has 2 amide bonds. The number of amides is 2. The Morgan fingerprint density at radius 2 is 2.14 bits per heavy atom. The SMILES string of the molecule is CC(=O)N(CCc1noc(C(C)C)n1)C1CCN(C(=O)c2cccc(C)c2)C1. The van der Waals surface area contributed by atoms with Crippen LogP contribution in [0.4, 0.5) is 0 Å². The Morgan fingerprint density at radius 1 is 1.36 bits per heavy atom. The summed E-state index contributed by atoms with van der Waals surface area (Å²) >= 11 is 0. The topological polar surface area (TPSA) is 79.5 Å². The van der Waals surface area contributed by atoms with Gasteiger partial charge in [0.15, 0.2) is 5.82 Å². The van der Waals surface area contributed by atoms with E-state index in [2.05, 4.69) is 10.1 Å². The Bertz CT molecular complexity index is 846. The molecule has 0 N–H and O–H groups in total. The van der Waals surface area contributed by atoms with E-state index in [1.807, 2.05) is 54.8 Å². The fourth-order valence-corrected chi connectivity index (χ4v) is 3.56. The summed E-state index contributed by atoms with van der Waals surface area (Å²) in [5.74, 6) is 1.43. The highest BCUT2D eigenvalue weighted by Gasteiger charge is 2.32. The van der Waals surface area contributed by atoms with Crippen molar-refractivity contribution in [2.75, 3.05) is 19.6 Å². The van der Waals surface area contributed by atoms with Gasteiger partial charge in [0.1, 0.15) is 0 Å². The van der Waals surface area contributed by atoms with Gasteiger partial charge in [-0.3, -0.25) is 9.59 Å². The maximum Gasteiger partial charge on any atom is 0.253 e. The van der Waals surface area contributed by atoms with E-state index in [0.29, 0.717) is 43.3 Å². The Hall–Kier alpha value is -2.70. The molecule has 0 radical (unpaired) electrons. The smallest absolute Gasteiger partial charge is 0.253 e. The second-order valence-electron chi connectivity index (χ2n) is 7.73. The predicted molar refractivity (Wildman–Crippen MR) is 105 cm³/mol. The second-order valence-corrected chi connectivity index (χ2v) is 7.73. The third-order valence-electron chi connectivity index (χ3n) is 5.11. The molecule has 2 heterocycles. The molecule has 1 saturated heterocycles. The lowest BCUT2D eigenvalue weighted by Gasteiger charge is -2.27. The van der Waals surface area contributed by atoms with Gasteiger partial charge in [0, 0.05) is 44.5 Å². The van der Waals surface area contributed by atoms with Crippen LogP contribution in [0.25, 0.3) is 0 Å². The van der Waals surface area contributed by atoms with Crippen LogP contribution >= 0.6 is 0 Å². The van der Waals surface area contributed by atoms with E-state index in [9.17, 15) is 9.59 Å². The van der Waals surface area contributed by atoms with Crippen molar-refractivity contribution in [1.82, 2.24) is 19.9 Å². The van der Waals surface area contributed by atoms with Gasteiger partial charge in [-0.25, -0.2) is 0 Å². The van der Waals surface area contributed by atoms with E-state index < -0.39 is 0 Å². The molecule has 3 rings (SSSR count). The maximum atomic E-state index is 12.8. The molecule has 1 atom stereocenters. The lowest BCUT2D eigenvalue weighted by molar-refractivity contribution is -0.130. The largest absolute Gasteiger partial charge is 0.339 e. The average Bonchev–Trinajstić information content (AvgIpc) is 3.31. The number of benzene rings is 1. The third kappa shape index (κ3) is 4.58. The van der Waals surface area contributed by atoms with Crippen LogP contribution in [-0.2, 0) is 11.2 Å². The zero-order chi connectivity index (χ0) is 20.3. The minimum atomic E-state index is 0.00225. The number of hydrogen-bond donors (Lipinski definition) is 0. The molecule has 1 fully saturated rings. The molecule has 7 nitrogen and oxygen atoms in total. The van der Waals surface area contributed by atoms with Crippen molar-refractivity contribution in [3.05, 3.63) is 47.1 Å². The van der Waals surface area contributed by atoms with Gasteiger partial charge >= 0.3 is 0 Å². The van der Waals surface area contributed by atoms with Gasteiger partial charge in [-0.1, -0.05) is 36.7 Å². The number of nitrogens with zero attached hydrogens (tertiary/aromatic N) is 4. The summed E-state index contributed by atoms with van der Waals surface area (Å²) in [6.45, 7) is 9.26. The first-order chi connectivity index (χ1) is 13.3. The zero-order valence-corrected chi connectivity index (χ0v) is 17.0. The van der Waals surface area contributed by atoms with Crippen LogP contribution in [0.15, 0.2) is 28.8 Å². The summed E-state index contributed by atoms with van der Waals surface area (Å²) in [5.41, 5.74) is 1.76. The van der Waals surface area contributed by atoms with Gasteiger partial charge in [0.05, 0.1) is 6.04 Å². The number of aryl methyl sites for hydroxylation is 1. The van der Waals surface area contributed by atoms with E-state index in [-0.39, 0.29) is 23.8 Å². The van der Waals surface area contributed by atoms with Gasteiger partial charge in [0.25, 0.3) is 5.91 Å². The van der Waals surface area contributed by atoms with Crippen LogP contribution < -0.4 is 0 Å². The molecule has 0 spiro atoms. The number of aromatic nitrogens is 2. The molecular weight excluding hydrogens is 356 g/mol. The van der Waals surface area contributed by atoms with E-state index in [0.717, 1.165) is 12.0 Å². The summed E-state index contributed by atoms with van der Waals surface area (Å²) < 4.78 is 5.23. The molecule has 2 aromatic rings. The lowest BCUT2D eigenvalue weighted by Crippen LogP contribution is -2.42. The van der Waals surface area contributed by atoms with Crippen molar-refractivity contribution in [2.24, 2.45) is 0 Å². The minimum Gasteiger partial charge on any atom is -0.339 e. The third-order valence-corrected chi connectivity index (χ3v) is 5.11. The van der Waals surface area contributed by atoms with Crippen molar-refractivity contribution < 1.29 is 14.1 Å². The number of likely N-dealkylation sites (tertiary alicyclic amines) is 1. The zero-order valence-electron chi connectivity index (χ0n) is 17.0. The van der Waals surface area contributed by atoms with Gasteiger partial charge in [-0.2, -0.15) is 4.98 Å². The van der Waals surface area contributed by atoms with Crippen LogP contribution in [0.1, 0.15) is 60.7 Å². The number of carbonyl (C=O) groups excluding carboxylic acids is 2. The van der Waals surface area contributed by atoms with E-state index in [1.54, 1.807) is 6.92 Å². The Labute approximate surface area is 165 Å². The molecule has 150 valence electrons. The highest BCUT2D eigenvalue weighted by molar-refractivity contribution is 5.94. The average molecular weight is 384 g/mol. The summed E-state index contributed by atoms with van der Waals surface area (Å²) in [6.07, 6.45) is 1.32. The second kappa shape index (κ2) is 8.54. The van der Waals surface area contributed by atoms with Crippen molar-refractivity contribution in [2.45, 2.75) is 52.5 Å². The predicted octanol–water partition coefficient (Wildman–Crippen LogP) is 2.81. The van der Waals surface area contributed by atoms with Crippen molar-refractivity contribution in [3.8, 4) is 0 Å². The first kappa shape index (κ1) is 20.0. The fourth-order valence-electron chi connectivity index (χ4n) is 3.56. The van der Waals surface area contributed by atoms with E-state index in [4.69, 9.17) is 4.52 Å². The number of carbonyl (C=O) groups is 2. The molecule has 28 heavy (non-hydrogen) atoms. The molecule has 1 unspecified atom stereocenters. The van der Waals surface area contributed by atoms with E-state index in [1.165, 1.54) is 0 Å². The molecule has 0 saturated carbocycles. The fraction of sp³-hybridized carbons (Fsp3) is 0.524. The standard InChI is InChI=1S/C21H28N4O3/c1-14(2)20-22-19(23-28-20)9-11-25(16(4)26)18-8-10-24(13-18)21(27)17-7-5-6-15(3)12-17/h5-7,12,14,18H,8-11,13H2,1-4H3. The molecule has 1 aromatic heterocycles. The molecule has 1 aliphatic rings. The van der Waals surface area contributed by atoms with Crippen LogP contribution in [0.3, 0.4) is 0 Å².